The maximum atomic E-state index is 11.9. The zero-order valence-corrected chi connectivity index (χ0v) is 12.9. The van der Waals surface area contributed by atoms with Crippen LogP contribution in [0.15, 0.2) is 18.2 Å². The molecule has 106 valence electrons. The van der Waals surface area contributed by atoms with Crippen LogP contribution in [0.5, 0.6) is 0 Å². The number of thiocarbonyl (C=S) groups is 1. The van der Waals surface area contributed by atoms with E-state index in [1.807, 2.05) is 20.8 Å². The molecule has 0 saturated carbocycles. The maximum Gasteiger partial charge on any atom is 0.299 e. The summed E-state index contributed by atoms with van der Waals surface area (Å²) >= 11 is 4.88. The molecule has 0 spiro atoms. The van der Waals surface area contributed by atoms with Gasteiger partial charge in [-0.15, -0.1) is 0 Å². The van der Waals surface area contributed by atoms with E-state index in [1.54, 1.807) is 18.2 Å². The molecule has 0 atom stereocenters. The number of nitrogens with two attached hydrogens (primary N) is 1. The van der Waals surface area contributed by atoms with Gasteiger partial charge in [0.1, 0.15) is 4.99 Å². The van der Waals surface area contributed by atoms with E-state index in [0.717, 1.165) is 5.56 Å². The van der Waals surface area contributed by atoms with Crippen LogP contribution < -0.4 is 15.2 Å². The number of nitrogens with one attached hydrogen (secondary N) is 2. The molecule has 0 aliphatic carbocycles. The topological polar surface area (TPSA) is 84.2 Å². The van der Waals surface area contributed by atoms with Gasteiger partial charge in [-0.1, -0.05) is 38.2 Å². The fraction of sp³-hybridized carbons (Fsp3) is 0.417. The van der Waals surface area contributed by atoms with E-state index >= 15 is 0 Å². The average Bonchev–Trinajstić information content (AvgIpc) is 2.29. The van der Waals surface area contributed by atoms with Gasteiger partial charge in [0.25, 0.3) is 10.2 Å². The highest BCUT2D eigenvalue weighted by atomic mass is 32.2. The molecule has 4 N–H and O–H groups in total. The molecule has 0 fully saturated rings. The molecular weight excluding hydrogens is 282 g/mol. The van der Waals surface area contributed by atoms with Crippen molar-refractivity contribution in [2.75, 3.05) is 11.3 Å². The maximum absolute atomic E-state index is 11.9. The second-order valence-electron chi connectivity index (χ2n) is 4.74. The minimum Gasteiger partial charge on any atom is -0.389 e. The third kappa shape index (κ3) is 5.14. The van der Waals surface area contributed by atoms with E-state index in [2.05, 4.69) is 9.44 Å². The molecule has 19 heavy (non-hydrogen) atoms. The lowest BCUT2D eigenvalue weighted by Crippen LogP contribution is -2.33. The SMILES string of the molecule is Cc1ccc(C(N)=S)cc1NS(=O)(=O)NCC(C)C. The number of hydrogen-bond acceptors (Lipinski definition) is 3. The number of anilines is 1. The Morgan fingerprint density at radius 1 is 1.42 bits per heavy atom. The predicted octanol–water partition coefficient (Wildman–Crippen LogP) is 1.53. The van der Waals surface area contributed by atoms with E-state index in [9.17, 15) is 8.42 Å². The van der Waals surface area contributed by atoms with Crippen LogP contribution in [-0.4, -0.2) is 20.0 Å². The molecule has 0 heterocycles. The fourth-order valence-corrected chi connectivity index (χ4v) is 2.60. The first kappa shape index (κ1) is 15.9. The summed E-state index contributed by atoms with van der Waals surface area (Å²) in [4.78, 5) is 0.232. The Balaban J connectivity index is 2.92. The quantitative estimate of drug-likeness (QED) is 0.696. The van der Waals surface area contributed by atoms with Crippen molar-refractivity contribution in [3.63, 3.8) is 0 Å². The van der Waals surface area contributed by atoms with Crippen LogP contribution in [0.25, 0.3) is 0 Å². The largest absolute Gasteiger partial charge is 0.389 e. The molecule has 0 unspecified atom stereocenters. The van der Waals surface area contributed by atoms with Gasteiger partial charge in [-0.2, -0.15) is 13.1 Å². The summed E-state index contributed by atoms with van der Waals surface area (Å²) in [6.45, 7) is 6.05. The highest BCUT2D eigenvalue weighted by Crippen LogP contribution is 2.18. The van der Waals surface area contributed by atoms with Crippen LogP contribution in [0.2, 0.25) is 0 Å². The lowest BCUT2D eigenvalue weighted by molar-refractivity contribution is 0.565. The molecule has 7 heteroatoms. The van der Waals surface area contributed by atoms with E-state index in [4.69, 9.17) is 18.0 Å². The summed E-state index contributed by atoms with van der Waals surface area (Å²) in [5.41, 5.74) is 7.43. The second-order valence-corrected chi connectivity index (χ2v) is 6.68. The highest BCUT2D eigenvalue weighted by molar-refractivity contribution is 7.90. The first-order chi connectivity index (χ1) is 8.71. The van der Waals surface area contributed by atoms with Gasteiger partial charge in [0.15, 0.2) is 0 Å². The Morgan fingerprint density at radius 2 is 2.05 bits per heavy atom. The lowest BCUT2D eigenvalue weighted by atomic mass is 10.1. The zero-order chi connectivity index (χ0) is 14.6. The van der Waals surface area contributed by atoms with Crippen molar-refractivity contribution in [3.8, 4) is 0 Å². The molecule has 0 aliphatic rings. The molecule has 0 aromatic heterocycles. The minimum absolute atomic E-state index is 0.232. The summed E-state index contributed by atoms with van der Waals surface area (Å²) in [5.74, 6) is 0.237. The Bertz CT molecular complexity index is 568. The predicted molar refractivity (Wildman–Crippen MR) is 82.4 cm³/mol. The Labute approximate surface area is 119 Å². The third-order valence-corrected chi connectivity index (χ3v) is 3.72. The lowest BCUT2D eigenvalue weighted by Gasteiger charge is -2.13. The smallest absolute Gasteiger partial charge is 0.299 e. The van der Waals surface area contributed by atoms with Crippen LogP contribution >= 0.6 is 12.2 Å². The first-order valence-corrected chi connectivity index (χ1v) is 7.78. The molecule has 0 bridgehead atoms. The number of rotatable bonds is 6. The summed E-state index contributed by atoms with van der Waals surface area (Å²) < 4.78 is 28.7. The number of aryl methyl sites for hydroxylation is 1. The van der Waals surface area contributed by atoms with Crippen LogP contribution in [0.1, 0.15) is 25.0 Å². The highest BCUT2D eigenvalue weighted by Gasteiger charge is 2.12. The molecule has 1 rings (SSSR count). The van der Waals surface area contributed by atoms with Crippen molar-refractivity contribution in [1.29, 1.82) is 0 Å². The normalized spacial score (nSPS) is 11.6. The number of hydrogen-bond donors (Lipinski definition) is 3. The molecule has 0 amide bonds. The monoisotopic (exact) mass is 301 g/mol. The van der Waals surface area contributed by atoms with Crippen molar-refractivity contribution >= 4 is 33.1 Å². The van der Waals surface area contributed by atoms with Gasteiger partial charge in [-0.05, 0) is 24.5 Å². The Hall–Kier alpha value is -1.18. The van der Waals surface area contributed by atoms with Gasteiger partial charge >= 0.3 is 0 Å². The van der Waals surface area contributed by atoms with E-state index < -0.39 is 10.2 Å². The third-order valence-electron chi connectivity index (χ3n) is 2.45. The van der Waals surface area contributed by atoms with Crippen molar-refractivity contribution in [1.82, 2.24) is 4.72 Å². The van der Waals surface area contributed by atoms with Crippen LogP contribution in [0, 0.1) is 12.8 Å². The molecule has 1 aromatic carbocycles. The molecule has 0 saturated heterocycles. The molecular formula is C12H19N3O2S2. The fourth-order valence-electron chi connectivity index (χ4n) is 1.34. The summed E-state index contributed by atoms with van der Waals surface area (Å²) in [6, 6.07) is 5.16. The minimum atomic E-state index is -3.58. The van der Waals surface area contributed by atoms with Gasteiger partial charge in [-0.3, -0.25) is 4.72 Å². The van der Waals surface area contributed by atoms with Crippen LogP contribution in [0.3, 0.4) is 0 Å². The molecule has 5 nitrogen and oxygen atoms in total. The number of benzene rings is 1. The van der Waals surface area contributed by atoms with Crippen LogP contribution in [0.4, 0.5) is 5.69 Å². The van der Waals surface area contributed by atoms with Gasteiger partial charge in [0, 0.05) is 12.1 Å². The summed E-state index contributed by atoms with van der Waals surface area (Å²) in [6.07, 6.45) is 0. The van der Waals surface area contributed by atoms with Crippen molar-refractivity contribution in [2.24, 2.45) is 11.7 Å². The Morgan fingerprint density at radius 3 is 2.58 bits per heavy atom. The average molecular weight is 301 g/mol. The van der Waals surface area contributed by atoms with Crippen molar-refractivity contribution in [2.45, 2.75) is 20.8 Å². The summed E-state index contributed by atoms with van der Waals surface area (Å²) in [5, 5.41) is 0. The second kappa shape index (κ2) is 6.31. The summed E-state index contributed by atoms with van der Waals surface area (Å²) in [7, 11) is -3.58. The Kier molecular flexibility index (Phi) is 5.28. The zero-order valence-electron chi connectivity index (χ0n) is 11.2. The van der Waals surface area contributed by atoms with E-state index in [-0.39, 0.29) is 10.9 Å². The first-order valence-electron chi connectivity index (χ1n) is 5.89. The standard InChI is InChI=1S/C12H19N3O2S2/c1-8(2)7-14-19(16,17)15-11-6-10(12(13)18)5-4-9(11)3/h4-6,8,14-15H,7H2,1-3H3,(H2,13,18). The van der Waals surface area contributed by atoms with E-state index in [1.165, 1.54) is 0 Å². The van der Waals surface area contributed by atoms with Gasteiger partial charge in [0.2, 0.25) is 0 Å². The van der Waals surface area contributed by atoms with Gasteiger partial charge < -0.3 is 5.73 Å². The van der Waals surface area contributed by atoms with Crippen molar-refractivity contribution < 1.29 is 8.42 Å². The molecule has 0 radical (unpaired) electrons. The van der Waals surface area contributed by atoms with E-state index in [0.29, 0.717) is 17.8 Å². The molecule has 0 aliphatic heterocycles. The molecule has 1 aromatic rings. The van der Waals surface area contributed by atoms with Gasteiger partial charge in [0.05, 0.1) is 5.69 Å². The van der Waals surface area contributed by atoms with Gasteiger partial charge in [-0.25, -0.2) is 0 Å². The van der Waals surface area contributed by atoms with Crippen LogP contribution in [-0.2, 0) is 10.2 Å². The van der Waals surface area contributed by atoms with Crippen molar-refractivity contribution in [3.05, 3.63) is 29.3 Å².